The van der Waals surface area contributed by atoms with Crippen molar-refractivity contribution in [1.82, 2.24) is 15.5 Å². The predicted molar refractivity (Wildman–Crippen MR) is 121 cm³/mol. The number of anilines is 2. The van der Waals surface area contributed by atoms with E-state index >= 15 is 0 Å². The third kappa shape index (κ3) is 5.84. The Morgan fingerprint density at radius 3 is 2.42 bits per heavy atom. The number of rotatable bonds is 6. The number of nitrogens with one attached hydrogen (secondary N) is 2. The molecule has 0 unspecified atom stereocenters. The van der Waals surface area contributed by atoms with Crippen molar-refractivity contribution in [3.63, 3.8) is 0 Å². The summed E-state index contributed by atoms with van der Waals surface area (Å²) in [5, 5.41) is 13.6. The molecule has 4 N–H and O–H groups in total. The fraction of sp³-hybridized carbons (Fsp3) is 0.150. The Kier molecular flexibility index (Phi) is 6.99. The molecule has 1 atom stereocenters. The normalized spacial score (nSPS) is 12.2. The van der Waals surface area contributed by atoms with Gasteiger partial charge in [0.25, 0.3) is 0 Å². The maximum absolute atomic E-state index is 12.6. The molecule has 0 aliphatic rings. The first kappa shape index (κ1) is 22.8. The minimum Gasteiger partial charge on any atom is -0.382 e. The van der Waals surface area contributed by atoms with Gasteiger partial charge in [0, 0.05) is 5.69 Å². The molecule has 0 saturated heterocycles. The van der Waals surface area contributed by atoms with E-state index in [2.05, 4.69) is 20.8 Å². The van der Waals surface area contributed by atoms with Gasteiger partial charge >= 0.3 is 6.03 Å². The van der Waals surface area contributed by atoms with Crippen LogP contribution < -0.4 is 16.4 Å². The summed E-state index contributed by atoms with van der Waals surface area (Å²) in [6.07, 6.45) is 0. The Balaban J connectivity index is 1.63. The van der Waals surface area contributed by atoms with Crippen LogP contribution in [0.4, 0.5) is 16.3 Å². The van der Waals surface area contributed by atoms with Gasteiger partial charge < -0.3 is 16.4 Å². The molecule has 0 radical (unpaired) electrons. The van der Waals surface area contributed by atoms with E-state index in [-0.39, 0.29) is 22.2 Å². The molecule has 11 heteroatoms. The number of nitrogens with two attached hydrogens (primary N) is 1. The number of aromatic nitrogens is 2. The second kappa shape index (κ2) is 9.51. The Labute approximate surface area is 189 Å². The molecular formula is C20H19Cl2N5O3S. The van der Waals surface area contributed by atoms with Gasteiger partial charge in [0.2, 0.25) is 0 Å². The van der Waals surface area contributed by atoms with Crippen molar-refractivity contribution in [2.24, 2.45) is 0 Å². The molecule has 31 heavy (non-hydrogen) atoms. The van der Waals surface area contributed by atoms with Crippen LogP contribution in [0.5, 0.6) is 0 Å². The zero-order valence-electron chi connectivity index (χ0n) is 16.3. The van der Waals surface area contributed by atoms with Crippen molar-refractivity contribution < 1.29 is 13.2 Å². The van der Waals surface area contributed by atoms with E-state index < -0.39 is 21.9 Å². The fourth-order valence-electron chi connectivity index (χ4n) is 2.77. The highest BCUT2D eigenvalue weighted by Crippen LogP contribution is 2.29. The molecule has 0 aliphatic heterocycles. The van der Waals surface area contributed by atoms with E-state index in [1.54, 1.807) is 25.1 Å². The number of nitrogens with zero attached hydrogens (tertiary/aromatic N) is 2. The summed E-state index contributed by atoms with van der Waals surface area (Å²) in [5.74, 6) is -0.104. The largest absolute Gasteiger partial charge is 0.382 e. The van der Waals surface area contributed by atoms with E-state index in [1.807, 2.05) is 0 Å². The van der Waals surface area contributed by atoms with E-state index in [9.17, 15) is 13.2 Å². The standard InChI is InChI=1S/C20H19Cl2N5O3S/c1-12(16-3-2-4-17(21)19(16)22)24-20(28)25-13-5-8-15(9-6-13)31(29,30)11-14-7-10-18(23)27-26-14/h2-10,12H,11H2,1H3,(H2,23,27)(H2,24,25,28)/t12-/m0/s1. The summed E-state index contributed by atoms with van der Waals surface area (Å²) in [4.78, 5) is 12.4. The SMILES string of the molecule is C[C@H](NC(=O)Nc1ccc(S(=O)(=O)Cc2ccc(N)nn2)cc1)c1cccc(Cl)c1Cl. The highest BCUT2D eigenvalue weighted by atomic mass is 35.5. The average Bonchev–Trinajstić information content (AvgIpc) is 2.72. The molecule has 0 bridgehead atoms. The van der Waals surface area contributed by atoms with Crippen molar-refractivity contribution >= 4 is 50.6 Å². The van der Waals surface area contributed by atoms with Crippen LogP contribution in [-0.4, -0.2) is 24.6 Å². The van der Waals surface area contributed by atoms with Crippen LogP contribution in [0.3, 0.4) is 0 Å². The summed E-state index contributed by atoms with van der Waals surface area (Å²) < 4.78 is 25.1. The highest BCUT2D eigenvalue weighted by Gasteiger charge is 2.18. The van der Waals surface area contributed by atoms with Crippen LogP contribution in [0, 0.1) is 0 Å². The van der Waals surface area contributed by atoms with Crippen LogP contribution in [0.2, 0.25) is 10.0 Å². The molecule has 1 heterocycles. The molecule has 3 aromatic rings. The Bertz CT molecular complexity index is 1190. The zero-order valence-corrected chi connectivity index (χ0v) is 18.7. The van der Waals surface area contributed by atoms with Gasteiger partial charge in [-0.2, -0.15) is 5.10 Å². The van der Waals surface area contributed by atoms with Gasteiger partial charge in [0.15, 0.2) is 9.84 Å². The number of amides is 2. The molecule has 0 fully saturated rings. The number of urea groups is 1. The van der Waals surface area contributed by atoms with Crippen molar-refractivity contribution in [2.75, 3.05) is 11.1 Å². The number of carbonyl (C=O) groups excluding carboxylic acids is 1. The first-order valence-electron chi connectivity index (χ1n) is 9.08. The van der Waals surface area contributed by atoms with Gasteiger partial charge in [-0.25, -0.2) is 13.2 Å². The van der Waals surface area contributed by atoms with E-state index in [0.29, 0.717) is 21.3 Å². The third-order valence-corrected chi connectivity index (χ3v) is 6.84. The maximum atomic E-state index is 12.6. The van der Waals surface area contributed by atoms with Gasteiger partial charge in [0.05, 0.1) is 32.4 Å². The molecule has 162 valence electrons. The molecule has 1 aromatic heterocycles. The fourth-order valence-corrected chi connectivity index (χ4v) is 4.50. The van der Waals surface area contributed by atoms with Crippen LogP contribution in [0.1, 0.15) is 24.2 Å². The van der Waals surface area contributed by atoms with Crippen molar-refractivity contribution in [3.05, 3.63) is 75.9 Å². The molecule has 2 aromatic carbocycles. The van der Waals surface area contributed by atoms with Crippen LogP contribution in [0.15, 0.2) is 59.5 Å². The Morgan fingerprint density at radius 1 is 1.06 bits per heavy atom. The molecular weight excluding hydrogens is 461 g/mol. The molecule has 0 saturated carbocycles. The summed E-state index contributed by atoms with van der Waals surface area (Å²) in [5.41, 5.74) is 6.84. The van der Waals surface area contributed by atoms with Gasteiger partial charge in [-0.15, -0.1) is 5.10 Å². The second-order valence-corrected chi connectivity index (χ2v) is 9.47. The van der Waals surface area contributed by atoms with Crippen molar-refractivity contribution in [1.29, 1.82) is 0 Å². The quantitative estimate of drug-likeness (QED) is 0.485. The van der Waals surface area contributed by atoms with E-state index in [1.165, 1.54) is 36.4 Å². The van der Waals surface area contributed by atoms with Crippen molar-refractivity contribution in [2.45, 2.75) is 23.6 Å². The molecule has 0 aliphatic carbocycles. The highest BCUT2D eigenvalue weighted by molar-refractivity contribution is 7.90. The van der Waals surface area contributed by atoms with Gasteiger partial charge in [-0.3, -0.25) is 0 Å². The monoisotopic (exact) mass is 479 g/mol. The number of carbonyl (C=O) groups is 1. The lowest BCUT2D eigenvalue weighted by atomic mass is 10.1. The van der Waals surface area contributed by atoms with Crippen LogP contribution in [-0.2, 0) is 15.6 Å². The summed E-state index contributed by atoms with van der Waals surface area (Å²) in [6, 6.07) is 13.1. The molecule has 0 spiro atoms. The maximum Gasteiger partial charge on any atom is 0.319 e. The number of benzene rings is 2. The first-order valence-corrected chi connectivity index (χ1v) is 11.5. The average molecular weight is 480 g/mol. The minimum atomic E-state index is -3.63. The lowest BCUT2D eigenvalue weighted by molar-refractivity contribution is 0.249. The smallest absolute Gasteiger partial charge is 0.319 e. The van der Waals surface area contributed by atoms with Crippen LogP contribution >= 0.6 is 23.2 Å². The van der Waals surface area contributed by atoms with Gasteiger partial charge in [0.1, 0.15) is 5.82 Å². The Hall–Kier alpha value is -2.88. The number of sulfone groups is 1. The zero-order chi connectivity index (χ0) is 22.6. The lowest BCUT2D eigenvalue weighted by Gasteiger charge is -2.17. The molecule has 3 rings (SSSR count). The van der Waals surface area contributed by atoms with Gasteiger partial charge in [-0.05, 0) is 55.0 Å². The number of nitrogen functional groups attached to an aromatic ring is 1. The van der Waals surface area contributed by atoms with Crippen molar-refractivity contribution in [3.8, 4) is 0 Å². The predicted octanol–water partition coefficient (Wildman–Crippen LogP) is 4.22. The van der Waals surface area contributed by atoms with E-state index in [0.717, 1.165) is 0 Å². The lowest BCUT2D eigenvalue weighted by Crippen LogP contribution is -2.31. The summed E-state index contributed by atoms with van der Waals surface area (Å²) in [7, 11) is -3.63. The molecule has 2 amide bonds. The topological polar surface area (TPSA) is 127 Å². The Morgan fingerprint density at radius 2 is 1.77 bits per heavy atom. The summed E-state index contributed by atoms with van der Waals surface area (Å²) in [6.45, 7) is 1.77. The minimum absolute atomic E-state index is 0.0937. The van der Waals surface area contributed by atoms with Gasteiger partial charge in [-0.1, -0.05) is 35.3 Å². The second-order valence-electron chi connectivity index (χ2n) is 6.70. The number of hydrogen-bond donors (Lipinski definition) is 3. The molecule has 8 nitrogen and oxygen atoms in total. The third-order valence-electron chi connectivity index (χ3n) is 4.35. The summed E-state index contributed by atoms with van der Waals surface area (Å²) >= 11 is 12.2. The van der Waals surface area contributed by atoms with Crippen LogP contribution in [0.25, 0.3) is 0 Å². The van der Waals surface area contributed by atoms with E-state index in [4.69, 9.17) is 28.9 Å². The first-order chi connectivity index (χ1) is 14.7. The number of halogens is 2. The number of hydrogen-bond acceptors (Lipinski definition) is 6.